The van der Waals surface area contributed by atoms with Crippen molar-refractivity contribution >= 4 is 33.3 Å². The Labute approximate surface area is 69.4 Å². The van der Waals surface area contributed by atoms with Crippen molar-refractivity contribution in [2.45, 2.75) is 13.8 Å². The molecule has 0 amide bonds. The van der Waals surface area contributed by atoms with Gasteiger partial charge in [0.15, 0.2) is 17.4 Å². The molecule has 56 valence electrons. The lowest BCUT2D eigenvalue weighted by Crippen LogP contribution is -1.83. The molecule has 0 aliphatic rings. The summed E-state index contributed by atoms with van der Waals surface area (Å²) in [6.07, 6.45) is 0.603. The van der Waals surface area contributed by atoms with Crippen LogP contribution in [0, 0.1) is 0 Å². The molecule has 2 atom stereocenters. The van der Waals surface area contributed by atoms with Gasteiger partial charge < -0.3 is 4.52 Å². The van der Waals surface area contributed by atoms with Gasteiger partial charge in [-0.15, -0.1) is 0 Å². The Balaban J connectivity index is 0. The first-order chi connectivity index (χ1) is 3.62. The van der Waals surface area contributed by atoms with Crippen LogP contribution in [0.5, 0.6) is 0 Å². The molecule has 9 heavy (non-hydrogen) atoms. The van der Waals surface area contributed by atoms with E-state index in [0.717, 1.165) is 0 Å². The molecule has 0 aromatic heterocycles. The maximum atomic E-state index is 10.9. The molecule has 5 heteroatoms. The molecule has 0 bridgehead atoms. The average molecular weight is 184 g/mol. The highest BCUT2D eigenvalue weighted by Crippen LogP contribution is 2.54. The van der Waals surface area contributed by atoms with Crippen LogP contribution in [0.1, 0.15) is 13.8 Å². The molecule has 0 aliphatic heterocycles. The Kier molecular flexibility index (Phi) is 8.39. The second-order valence-electron chi connectivity index (χ2n) is 1.46. The summed E-state index contributed by atoms with van der Waals surface area (Å²) >= 11 is 0. The van der Waals surface area contributed by atoms with Crippen LogP contribution in [0.4, 0.5) is 0 Å². The highest BCUT2D eigenvalue weighted by atomic mass is 32.0. The minimum Gasteiger partial charge on any atom is -0.326 e. The second kappa shape index (κ2) is 5.90. The van der Waals surface area contributed by atoms with E-state index in [-0.39, 0.29) is 17.4 Å². The van der Waals surface area contributed by atoms with Gasteiger partial charge in [0.1, 0.15) is 0 Å². The van der Waals surface area contributed by atoms with E-state index in [9.17, 15) is 4.57 Å². The molecule has 0 N–H and O–H groups in total. The zero-order valence-corrected chi connectivity index (χ0v) is 7.30. The molecule has 2 unspecified atom stereocenters. The van der Waals surface area contributed by atoms with Gasteiger partial charge in [-0.25, -0.2) is 0 Å². The molecule has 0 saturated carbocycles. The van der Waals surface area contributed by atoms with E-state index >= 15 is 0 Å². The predicted molar refractivity (Wildman–Crippen MR) is 49.4 cm³/mol. The van der Waals surface area contributed by atoms with Crippen LogP contribution in [0.2, 0.25) is 0 Å². The van der Waals surface area contributed by atoms with Crippen molar-refractivity contribution in [3.63, 3.8) is 0 Å². The molecule has 0 aromatic rings. The monoisotopic (exact) mass is 184 g/mol. The summed E-state index contributed by atoms with van der Waals surface area (Å²) in [6, 6.07) is 0. The fourth-order valence-corrected chi connectivity index (χ4v) is 1.38. The standard InChI is InChI=1S/C4H12O2P2.Al.3H/c1-3-6-8(5,7)4-2;;;;/h3-4,7H2,1-2H3;;;;. The summed E-state index contributed by atoms with van der Waals surface area (Å²) in [5, 5.41) is 0. The maximum Gasteiger partial charge on any atom is 0.216 e. The van der Waals surface area contributed by atoms with Crippen molar-refractivity contribution in [3.05, 3.63) is 0 Å². The lowest BCUT2D eigenvalue weighted by Gasteiger charge is -2.07. The van der Waals surface area contributed by atoms with Gasteiger partial charge in [-0.3, -0.25) is 4.57 Å². The van der Waals surface area contributed by atoms with Gasteiger partial charge in [0.25, 0.3) is 0 Å². The Morgan fingerprint density at radius 1 is 1.56 bits per heavy atom. The van der Waals surface area contributed by atoms with Crippen molar-refractivity contribution in [2.75, 3.05) is 12.8 Å². The zero-order chi connectivity index (χ0) is 6.62. The molecule has 2 nitrogen and oxygen atoms in total. The smallest absolute Gasteiger partial charge is 0.216 e. The third-order valence-corrected chi connectivity index (χ3v) is 3.91. The molecule has 0 spiro atoms. The Bertz CT molecular complexity index is 107. The van der Waals surface area contributed by atoms with Crippen molar-refractivity contribution in [2.24, 2.45) is 0 Å². The summed E-state index contributed by atoms with van der Waals surface area (Å²) in [5.41, 5.74) is 0. The first-order valence-electron chi connectivity index (χ1n) is 2.64. The first kappa shape index (κ1) is 12.8. The molecule has 0 aromatic carbocycles. The van der Waals surface area contributed by atoms with Crippen molar-refractivity contribution in [1.82, 2.24) is 0 Å². The highest BCUT2D eigenvalue weighted by molar-refractivity contribution is 8.14. The van der Waals surface area contributed by atoms with Crippen LogP contribution in [-0.2, 0) is 9.09 Å². The van der Waals surface area contributed by atoms with Crippen LogP contribution < -0.4 is 0 Å². The summed E-state index contributed by atoms with van der Waals surface area (Å²) in [5.74, 6) is 0. The number of hydrogen-bond acceptors (Lipinski definition) is 2. The average Bonchev–Trinajstić information content (AvgIpc) is 1.67. The van der Waals surface area contributed by atoms with E-state index in [4.69, 9.17) is 4.52 Å². The zero-order valence-electron chi connectivity index (χ0n) is 5.26. The highest BCUT2D eigenvalue weighted by Gasteiger charge is 2.09. The Morgan fingerprint density at radius 2 is 2.00 bits per heavy atom. The minimum absolute atomic E-state index is 0. The fourth-order valence-electron chi connectivity index (χ4n) is 0.310. The van der Waals surface area contributed by atoms with Crippen LogP contribution in [0.3, 0.4) is 0 Å². The van der Waals surface area contributed by atoms with E-state index in [1.807, 2.05) is 13.8 Å². The van der Waals surface area contributed by atoms with E-state index in [2.05, 4.69) is 8.93 Å². The fraction of sp³-hybridized carbons (Fsp3) is 1.00. The quantitative estimate of drug-likeness (QED) is 0.481. The lowest BCUT2D eigenvalue weighted by molar-refractivity contribution is 0.346. The lowest BCUT2D eigenvalue weighted by atomic mass is 10.9. The molecule has 0 saturated heterocycles. The SMILES string of the molecule is CCOP(=O)(P)CC.[AlH3]. The van der Waals surface area contributed by atoms with Crippen LogP contribution in [0.25, 0.3) is 0 Å². The predicted octanol–water partition coefficient (Wildman–Crippen LogP) is 0.927. The molecular formula is C4H15AlO2P2. The molecular weight excluding hydrogens is 169 g/mol. The first-order valence-corrected chi connectivity index (χ1v) is 6.07. The van der Waals surface area contributed by atoms with Gasteiger partial charge in [0, 0.05) is 6.16 Å². The van der Waals surface area contributed by atoms with Crippen LogP contribution in [-0.4, -0.2) is 30.1 Å². The van der Waals surface area contributed by atoms with Gasteiger partial charge in [-0.1, -0.05) is 6.92 Å². The van der Waals surface area contributed by atoms with E-state index in [1.165, 1.54) is 0 Å². The van der Waals surface area contributed by atoms with E-state index in [1.54, 1.807) is 0 Å². The molecule has 0 heterocycles. The topological polar surface area (TPSA) is 26.3 Å². The number of hydrogen-bond donors (Lipinski definition) is 0. The second-order valence-corrected chi connectivity index (χ2v) is 6.16. The third kappa shape index (κ3) is 7.04. The molecule has 0 rings (SSSR count). The van der Waals surface area contributed by atoms with Gasteiger partial charge in [0.05, 0.1) is 6.61 Å². The summed E-state index contributed by atoms with van der Waals surface area (Å²) in [4.78, 5) is 0. The normalized spacial score (nSPS) is 15.9. The summed E-state index contributed by atoms with van der Waals surface area (Å²) < 4.78 is 15.8. The van der Waals surface area contributed by atoms with Gasteiger partial charge in [-0.2, -0.15) is 0 Å². The van der Waals surface area contributed by atoms with Crippen LogP contribution in [0.15, 0.2) is 0 Å². The van der Waals surface area contributed by atoms with E-state index < -0.39 is 7.06 Å². The molecule has 0 aliphatic carbocycles. The number of rotatable bonds is 3. The van der Waals surface area contributed by atoms with E-state index in [0.29, 0.717) is 12.8 Å². The van der Waals surface area contributed by atoms with Crippen molar-refractivity contribution in [3.8, 4) is 0 Å². The third-order valence-electron chi connectivity index (χ3n) is 0.788. The van der Waals surface area contributed by atoms with Crippen molar-refractivity contribution in [1.29, 1.82) is 0 Å². The minimum atomic E-state index is -2.26. The molecule has 0 radical (unpaired) electrons. The summed E-state index contributed by atoms with van der Waals surface area (Å²) in [7, 11) is -0.0108. The Morgan fingerprint density at radius 3 is 2.11 bits per heavy atom. The summed E-state index contributed by atoms with van der Waals surface area (Å²) in [6.45, 7) is 4.23. The molecule has 0 fully saturated rings. The van der Waals surface area contributed by atoms with Crippen LogP contribution >= 0.6 is 16.0 Å². The van der Waals surface area contributed by atoms with Crippen molar-refractivity contribution < 1.29 is 9.09 Å². The van der Waals surface area contributed by atoms with Gasteiger partial charge >= 0.3 is 0 Å². The maximum absolute atomic E-state index is 10.9. The van der Waals surface area contributed by atoms with Gasteiger partial charge in [0.2, 0.25) is 7.06 Å². The van der Waals surface area contributed by atoms with Gasteiger partial charge in [-0.05, 0) is 15.9 Å². The Hall–Kier alpha value is 1.15. The largest absolute Gasteiger partial charge is 0.326 e.